The summed E-state index contributed by atoms with van der Waals surface area (Å²) in [5.41, 5.74) is 6.73. The summed E-state index contributed by atoms with van der Waals surface area (Å²) < 4.78 is 13.1. The topological polar surface area (TPSA) is 61.8 Å². The fourth-order valence-electron chi connectivity index (χ4n) is 2.20. The first-order chi connectivity index (χ1) is 8.19. The van der Waals surface area contributed by atoms with Gasteiger partial charge in [0.05, 0.1) is 5.56 Å². The maximum Gasteiger partial charge on any atom is 0.141 e. The number of halogens is 1. The Bertz CT molecular complexity index is 431. The first-order valence-corrected chi connectivity index (χ1v) is 5.91. The molecule has 0 aromatic heterocycles. The van der Waals surface area contributed by atoms with Crippen molar-refractivity contribution in [2.75, 3.05) is 5.32 Å². The van der Waals surface area contributed by atoms with Crippen LogP contribution < -0.4 is 11.1 Å². The Labute approximate surface area is 100 Å². The van der Waals surface area contributed by atoms with Crippen molar-refractivity contribution in [3.05, 3.63) is 29.6 Å². The van der Waals surface area contributed by atoms with E-state index in [4.69, 9.17) is 11.0 Å². The van der Waals surface area contributed by atoms with Crippen molar-refractivity contribution in [3.8, 4) is 6.07 Å². The predicted molar refractivity (Wildman–Crippen MR) is 65.0 cm³/mol. The van der Waals surface area contributed by atoms with Gasteiger partial charge in [0.25, 0.3) is 0 Å². The van der Waals surface area contributed by atoms with Gasteiger partial charge in [0, 0.05) is 17.8 Å². The van der Waals surface area contributed by atoms with Crippen LogP contribution in [0.25, 0.3) is 0 Å². The van der Waals surface area contributed by atoms with E-state index < -0.39 is 5.82 Å². The normalized spacial score (nSPS) is 24.1. The zero-order valence-corrected chi connectivity index (χ0v) is 9.62. The van der Waals surface area contributed by atoms with E-state index in [9.17, 15) is 4.39 Å². The molecule has 1 aromatic rings. The highest BCUT2D eigenvalue weighted by Crippen LogP contribution is 2.22. The van der Waals surface area contributed by atoms with Gasteiger partial charge in [-0.2, -0.15) is 5.26 Å². The Morgan fingerprint density at radius 2 is 2.00 bits per heavy atom. The summed E-state index contributed by atoms with van der Waals surface area (Å²) in [5.74, 6) is -0.469. The van der Waals surface area contributed by atoms with Crippen LogP contribution in [0.4, 0.5) is 10.1 Å². The first kappa shape index (κ1) is 11.9. The third kappa shape index (κ3) is 2.95. The maximum atomic E-state index is 13.1. The molecule has 0 radical (unpaired) electrons. The summed E-state index contributed by atoms with van der Waals surface area (Å²) in [5, 5.41) is 12.1. The molecule has 0 unspecified atom stereocenters. The Balaban J connectivity index is 2.02. The molecule has 0 spiro atoms. The van der Waals surface area contributed by atoms with Gasteiger partial charge in [0.2, 0.25) is 0 Å². The number of rotatable bonds is 2. The van der Waals surface area contributed by atoms with Gasteiger partial charge in [-0.15, -0.1) is 0 Å². The van der Waals surface area contributed by atoms with Gasteiger partial charge in [-0.1, -0.05) is 0 Å². The lowest BCUT2D eigenvalue weighted by atomic mass is 9.91. The van der Waals surface area contributed by atoms with Gasteiger partial charge < -0.3 is 11.1 Å². The zero-order chi connectivity index (χ0) is 12.3. The van der Waals surface area contributed by atoms with E-state index in [1.807, 2.05) is 6.07 Å². The smallest absolute Gasteiger partial charge is 0.141 e. The molecule has 4 heteroatoms. The lowest BCUT2D eigenvalue weighted by Crippen LogP contribution is -2.32. The highest BCUT2D eigenvalue weighted by atomic mass is 19.1. The van der Waals surface area contributed by atoms with Crippen LogP contribution in [-0.2, 0) is 0 Å². The van der Waals surface area contributed by atoms with Crippen LogP contribution in [0.15, 0.2) is 18.2 Å². The molecular weight excluding hydrogens is 217 g/mol. The monoisotopic (exact) mass is 233 g/mol. The fraction of sp³-hybridized carbons (Fsp3) is 0.462. The molecule has 2 rings (SSSR count). The zero-order valence-electron chi connectivity index (χ0n) is 9.62. The number of hydrogen-bond donors (Lipinski definition) is 2. The number of nitrogens with one attached hydrogen (secondary N) is 1. The van der Waals surface area contributed by atoms with Crippen molar-refractivity contribution >= 4 is 5.69 Å². The largest absolute Gasteiger partial charge is 0.382 e. The summed E-state index contributed by atoms with van der Waals surface area (Å²) in [7, 11) is 0. The summed E-state index contributed by atoms with van der Waals surface area (Å²) >= 11 is 0. The molecule has 0 aliphatic heterocycles. The molecule has 1 saturated carbocycles. The van der Waals surface area contributed by atoms with E-state index in [0.717, 1.165) is 31.4 Å². The summed E-state index contributed by atoms with van der Waals surface area (Å²) in [6, 6.07) is 7.10. The molecule has 1 aromatic carbocycles. The van der Waals surface area contributed by atoms with Gasteiger partial charge in [-0.3, -0.25) is 0 Å². The molecule has 1 aliphatic rings. The van der Waals surface area contributed by atoms with E-state index in [1.54, 1.807) is 12.1 Å². The van der Waals surface area contributed by atoms with Crippen LogP contribution in [0.5, 0.6) is 0 Å². The molecular formula is C13H16FN3. The van der Waals surface area contributed by atoms with Crippen molar-refractivity contribution in [3.63, 3.8) is 0 Å². The molecule has 0 saturated heterocycles. The van der Waals surface area contributed by atoms with Crippen LogP contribution >= 0.6 is 0 Å². The molecule has 3 nitrogen and oxygen atoms in total. The minimum atomic E-state index is -0.469. The van der Waals surface area contributed by atoms with Crippen LogP contribution in [0.2, 0.25) is 0 Å². The first-order valence-electron chi connectivity index (χ1n) is 5.91. The van der Waals surface area contributed by atoms with E-state index in [2.05, 4.69) is 5.32 Å². The average Bonchev–Trinajstić information content (AvgIpc) is 2.34. The molecule has 0 atom stereocenters. The molecule has 17 heavy (non-hydrogen) atoms. The van der Waals surface area contributed by atoms with Crippen molar-refractivity contribution in [1.82, 2.24) is 0 Å². The molecule has 1 fully saturated rings. The van der Waals surface area contributed by atoms with E-state index >= 15 is 0 Å². The Morgan fingerprint density at radius 1 is 1.29 bits per heavy atom. The Morgan fingerprint density at radius 3 is 2.65 bits per heavy atom. The van der Waals surface area contributed by atoms with Gasteiger partial charge in [0.1, 0.15) is 11.9 Å². The second-order valence-corrected chi connectivity index (χ2v) is 4.56. The third-order valence-electron chi connectivity index (χ3n) is 3.23. The van der Waals surface area contributed by atoms with E-state index in [0.29, 0.717) is 12.1 Å². The minimum Gasteiger partial charge on any atom is -0.382 e. The van der Waals surface area contributed by atoms with E-state index in [-0.39, 0.29) is 5.56 Å². The van der Waals surface area contributed by atoms with Crippen molar-refractivity contribution in [2.45, 2.75) is 37.8 Å². The van der Waals surface area contributed by atoms with Crippen LogP contribution in [0.3, 0.4) is 0 Å². The predicted octanol–water partition coefficient (Wildman–Crippen LogP) is 2.38. The highest BCUT2D eigenvalue weighted by Gasteiger charge is 2.18. The lowest BCUT2D eigenvalue weighted by Gasteiger charge is -2.27. The van der Waals surface area contributed by atoms with E-state index in [1.165, 1.54) is 6.07 Å². The van der Waals surface area contributed by atoms with Crippen molar-refractivity contribution in [1.29, 1.82) is 5.26 Å². The quantitative estimate of drug-likeness (QED) is 0.824. The molecule has 0 amide bonds. The number of nitrogens with two attached hydrogens (primary N) is 1. The second-order valence-electron chi connectivity index (χ2n) is 4.56. The molecule has 90 valence electrons. The molecule has 0 heterocycles. The van der Waals surface area contributed by atoms with Crippen LogP contribution in [0.1, 0.15) is 31.2 Å². The number of nitrogens with zero attached hydrogens (tertiary/aromatic N) is 1. The maximum absolute atomic E-state index is 13.1. The minimum absolute atomic E-state index is 0.0857. The Kier molecular flexibility index (Phi) is 3.60. The number of benzene rings is 1. The number of nitriles is 1. The fourth-order valence-corrected chi connectivity index (χ4v) is 2.20. The van der Waals surface area contributed by atoms with Crippen LogP contribution in [-0.4, -0.2) is 12.1 Å². The number of anilines is 1. The lowest BCUT2D eigenvalue weighted by molar-refractivity contribution is 0.411. The molecule has 1 aliphatic carbocycles. The number of hydrogen-bond acceptors (Lipinski definition) is 3. The summed E-state index contributed by atoms with van der Waals surface area (Å²) in [6.07, 6.45) is 4.09. The molecule has 3 N–H and O–H groups in total. The van der Waals surface area contributed by atoms with Gasteiger partial charge >= 0.3 is 0 Å². The Hall–Kier alpha value is -1.60. The highest BCUT2D eigenvalue weighted by molar-refractivity contribution is 5.50. The second kappa shape index (κ2) is 5.15. The van der Waals surface area contributed by atoms with Crippen LogP contribution in [0, 0.1) is 17.1 Å². The van der Waals surface area contributed by atoms with Gasteiger partial charge in [-0.25, -0.2) is 4.39 Å². The standard InChI is InChI=1S/C13H16FN3/c14-13-6-5-12(7-9(13)8-15)17-11-3-1-10(16)2-4-11/h5-7,10-11,17H,1-4,16H2. The van der Waals surface area contributed by atoms with Gasteiger partial charge in [0.15, 0.2) is 0 Å². The molecule has 0 bridgehead atoms. The summed E-state index contributed by atoms with van der Waals surface area (Å²) in [4.78, 5) is 0. The van der Waals surface area contributed by atoms with Crippen molar-refractivity contribution < 1.29 is 4.39 Å². The SMILES string of the molecule is N#Cc1cc(NC2CCC(N)CC2)ccc1F. The average molecular weight is 233 g/mol. The van der Waals surface area contributed by atoms with Gasteiger partial charge in [-0.05, 0) is 43.9 Å². The third-order valence-corrected chi connectivity index (χ3v) is 3.23. The summed E-state index contributed by atoms with van der Waals surface area (Å²) in [6.45, 7) is 0. The van der Waals surface area contributed by atoms with Crippen molar-refractivity contribution in [2.24, 2.45) is 5.73 Å².